The zero-order valence-corrected chi connectivity index (χ0v) is 9.23. The third-order valence-corrected chi connectivity index (χ3v) is 0.558. The second kappa shape index (κ2) is 10.8. The van der Waals surface area contributed by atoms with Crippen molar-refractivity contribution in [2.45, 2.75) is 19.8 Å². The fourth-order valence-electron chi connectivity index (χ4n) is 0.204. The zero-order chi connectivity index (χ0) is 8.62. The van der Waals surface area contributed by atoms with Crippen molar-refractivity contribution in [1.29, 1.82) is 0 Å². The summed E-state index contributed by atoms with van der Waals surface area (Å²) in [5.74, 6) is 0. The first-order chi connectivity index (χ1) is 4.41. The summed E-state index contributed by atoms with van der Waals surface area (Å²) in [6.45, 7) is 2.98. The maximum absolute atomic E-state index is 9.16. The van der Waals surface area contributed by atoms with Gasteiger partial charge in [-0.15, -0.1) is 12.4 Å². The molecule has 0 saturated heterocycles. The predicted octanol–water partition coefficient (Wildman–Crippen LogP) is 1.88. The van der Waals surface area contributed by atoms with Crippen LogP contribution >= 0.6 is 33.8 Å². The van der Waals surface area contributed by atoms with Crippen LogP contribution in [-0.4, -0.2) is 15.0 Å². The number of halogens is 3. The van der Waals surface area contributed by atoms with Crippen LogP contribution < -0.4 is 5.73 Å². The van der Waals surface area contributed by atoms with Crippen molar-refractivity contribution in [2.24, 2.45) is 5.73 Å². The fraction of sp³-hybridized carbons (Fsp3) is 1.00. The molecule has 0 rings (SSSR count). The highest BCUT2D eigenvalue weighted by molar-refractivity contribution is 8.31. The van der Waals surface area contributed by atoms with E-state index in [2.05, 4.69) is 28.3 Å². The highest BCUT2D eigenvalue weighted by Crippen LogP contribution is 1.98. The highest BCUT2D eigenvalue weighted by Gasteiger charge is 1.88. The summed E-state index contributed by atoms with van der Waals surface area (Å²) in [7, 11) is 4.81. The Balaban J connectivity index is -0.000000107. The van der Waals surface area contributed by atoms with Crippen molar-refractivity contribution >= 4 is 42.0 Å². The second-order valence-corrected chi connectivity index (χ2v) is 5.19. The zero-order valence-electron chi connectivity index (χ0n) is 6.09. The normalized spacial score (nSPS) is 9.09. The van der Waals surface area contributed by atoms with Gasteiger partial charge in [0.1, 0.15) is 0 Å². The van der Waals surface area contributed by atoms with E-state index in [1.165, 1.54) is 12.8 Å². The summed E-state index contributed by atoms with van der Waals surface area (Å²) in [5, 5.41) is 0. The van der Waals surface area contributed by atoms with Crippen molar-refractivity contribution in [2.75, 3.05) is 6.54 Å². The maximum atomic E-state index is 9.16. The average Bonchev–Trinajstić information content (AvgIpc) is 1.63. The average molecular weight is 245 g/mol. The third-order valence-electron chi connectivity index (χ3n) is 0.558. The van der Waals surface area contributed by atoms with Gasteiger partial charge in [0.15, 0.2) is 0 Å². The molecular weight excluding hydrogens is 232 g/mol. The van der Waals surface area contributed by atoms with Gasteiger partial charge in [-0.25, -0.2) is 0 Å². The number of hydrogen-bond acceptors (Lipinski definition) is 3. The van der Waals surface area contributed by atoms with Crippen molar-refractivity contribution in [3.05, 3.63) is 0 Å². The molecule has 0 heterocycles. The lowest BCUT2D eigenvalue weighted by Gasteiger charge is -1.80. The first kappa shape index (κ1) is 17.8. The number of rotatable bonds is 2. The molecule has 0 aromatic rings. The van der Waals surface area contributed by atoms with Crippen LogP contribution in [0.25, 0.3) is 0 Å². The van der Waals surface area contributed by atoms with Gasteiger partial charge in [0, 0.05) is 21.4 Å². The number of hydrogen-bond donors (Lipinski definition) is 1. The Kier molecular flexibility index (Phi) is 17.4. The molecule has 0 aromatic carbocycles. The molecule has 0 aliphatic rings. The van der Waals surface area contributed by atoms with E-state index in [0.29, 0.717) is 0 Å². The molecule has 3 nitrogen and oxygen atoms in total. The summed E-state index contributed by atoms with van der Waals surface area (Å²) in [6.07, 6.45) is 2.39. The van der Waals surface area contributed by atoms with Gasteiger partial charge >= 0.3 is 8.26 Å². The van der Waals surface area contributed by atoms with Gasteiger partial charge in [0.05, 0.1) is 0 Å². The van der Waals surface area contributed by atoms with E-state index in [9.17, 15) is 0 Å². The van der Waals surface area contributed by atoms with Crippen LogP contribution in [0.5, 0.6) is 0 Å². The summed E-state index contributed by atoms with van der Waals surface area (Å²) < 4.78 is 18.3. The summed E-state index contributed by atoms with van der Waals surface area (Å²) >= 11 is 0. The van der Waals surface area contributed by atoms with E-state index in [0.717, 1.165) is 6.54 Å². The minimum atomic E-state index is -3.72. The molecule has 72 valence electrons. The smallest absolute Gasteiger partial charge is 0.317 e. The molecular formula is C4H12Cl3NO2S. The molecule has 0 saturated carbocycles. The van der Waals surface area contributed by atoms with E-state index in [1.807, 2.05) is 0 Å². The summed E-state index contributed by atoms with van der Waals surface area (Å²) in [6, 6.07) is 0. The van der Waals surface area contributed by atoms with Gasteiger partial charge < -0.3 is 5.73 Å². The molecule has 2 N–H and O–H groups in total. The van der Waals surface area contributed by atoms with Crippen molar-refractivity contribution in [1.82, 2.24) is 0 Å². The summed E-state index contributed by atoms with van der Waals surface area (Å²) in [4.78, 5) is 0. The Morgan fingerprint density at radius 1 is 1.36 bits per heavy atom. The van der Waals surface area contributed by atoms with Crippen LogP contribution in [0.15, 0.2) is 0 Å². The van der Waals surface area contributed by atoms with Crippen LogP contribution in [0.2, 0.25) is 0 Å². The van der Waals surface area contributed by atoms with Gasteiger partial charge in [0.2, 0.25) is 0 Å². The van der Waals surface area contributed by atoms with Gasteiger partial charge in [0.25, 0.3) is 0 Å². The van der Waals surface area contributed by atoms with Crippen LogP contribution in [0.3, 0.4) is 0 Å². The minimum Gasteiger partial charge on any atom is -0.330 e. The van der Waals surface area contributed by atoms with E-state index in [4.69, 9.17) is 14.2 Å². The minimum absolute atomic E-state index is 0. The van der Waals surface area contributed by atoms with E-state index in [1.54, 1.807) is 0 Å². The highest BCUT2D eigenvalue weighted by atomic mass is 36.0. The molecule has 0 aliphatic heterocycles. The molecule has 0 aromatic heterocycles. The Morgan fingerprint density at radius 2 is 1.64 bits per heavy atom. The second-order valence-electron chi connectivity index (χ2n) is 1.52. The van der Waals surface area contributed by atoms with Crippen molar-refractivity contribution in [3.8, 4) is 0 Å². The van der Waals surface area contributed by atoms with Gasteiger partial charge in [-0.1, -0.05) is 13.3 Å². The van der Waals surface area contributed by atoms with Crippen LogP contribution in [-0.2, 0) is 8.26 Å². The number of nitrogens with two attached hydrogens (primary N) is 1. The van der Waals surface area contributed by atoms with Gasteiger partial charge in [-0.05, 0) is 13.0 Å². The molecule has 11 heavy (non-hydrogen) atoms. The molecule has 0 fully saturated rings. The molecule has 0 radical (unpaired) electrons. The molecule has 0 bridgehead atoms. The van der Waals surface area contributed by atoms with Crippen LogP contribution in [0.4, 0.5) is 0 Å². The topological polar surface area (TPSA) is 60.2 Å². The van der Waals surface area contributed by atoms with Gasteiger partial charge in [-0.2, -0.15) is 8.42 Å². The molecule has 0 unspecified atom stereocenters. The Bertz CT molecular complexity index is 137. The lowest BCUT2D eigenvalue weighted by Crippen LogP contribution is -1.95. The third kappa shape index (κ3) is 108. The van der Waals surface area contributed by atoms with E-state index < -0.39 is 8.26 Å². The van der Waals surface area contributed by atoms with Crippen molar-refractivity contribution in [3.63, 3.8) is 0 Å². The maximum Gasteiger partial charge on any atom is 0.317 e. The first-order valence-electron chi connectivity index (χ1n) is 2.76. The monoisotopic (exact) mass is 243 g/mol. The summed E-state index contributed by atoms with van der Waals surface area (Å²) in [5.41, 5.74) is 5.14. The largest absolute Gasteiger partial charge is 0.330 e. The van der Waals surface area contributed by atoms with Crippen LogP contribution in [0.1, 0.15) is 19.8 Å². The predicted molar refractivity (Wildman–Crippen MR) is 51.8 cm³/mol. The Hall–Kier alpha value is 0.780. The molecule has 0 spiro atoms. The van der Waals surface area contributed by atoms with E-state index in [-0.39, 0.29) is 12.4 Å². The lowest BCUT2D eigenvalue weighted by molar-refractivity contribution is 0.621. The molecule has 0 aliphatic carbocycles. The SMILES string of the molecule is CCCCN.Cl.O=S(=O)(Cl)Cl. The molecule has 7 heteroatoms. The van der Waals surface area contributed by atoms with E-state index >= 15 is 0 Å². The fourth-order valence-corrected chi connectivity index (χ4v) is 0.204. The Morgan fingerprint density at radius 3 is 1.64 bits per heavy atom. The quantitative estimate of drug-likeness (QED) is 0.755. The molecule has 0 atom stereocenters. The first-order valence-corrected chi connectivity index (χ1v) is 5.89. The van der Waals surface area contributed by atoms with Crippen molar-refractivity contribution < 1.29 is 8.42 Å². The van der Waals surface area contributed by atoms with Gasteiger partial charge in [-0.3, -0.25) is 0 Å². The number of unbranched alkanes of at least 4 members (excludes halogenated alkanes) is 1. The van der Waals surface area contributed by atoms with Crippen LogP contribution in [0, 0.1) is 0 Å². The Labute approximate surface area is 82.6 Å². The lowest BCUT2D eigenvalue weighted by atomic mass is 10.3. The standard InChI is InChI=1S/C4H11N.Cl2O2S.ClH/c1-2-3-4-5;1-5(2,3)4;/h2-5H2,1H3;;1H. The molecule has 0 amide bonds.